The Kier molecular flexibility index (Phi) is 6.02. The summed E-state index contributed by atoms with van der Waals surface area (Å²) in [6.45, 7) is 4.59. The second kappa shape index (κ2) is 9.27. The summed E-state index contributed by atoms with van der Waals surface area (Å²) in [5.74, 6) is 2.16. The normalized spacial score (nSPS) is 13.9. The van der Waals surface area contributed by atoms with Crippen molar-refractivity contribution in [1.29, 1.82) is 0 Å². The predicted octanol–water partition coefficient (Wildman–Crippen LogP) is 5.07. The van der Waals surface area contributed by atoms with Crippen LogP contribution in [0.25, 0.3) is 17.1 Å². The third-order valence-electron chi connectivity index (χ3n) is 5.98. The quantitative estimate of drug-likeness (QED) is 0.402. The van der Waals surface area contributed by atoms with Crippen LogP contribution in [0, 0.1) is 6.92 Å². The van der Waals surface area contributed by atoms with Gasteiger partial charge in [-0.05, 0) is 61.5 Å². The second-order valence-corrected chi connectivity index (χ2v) is 8.63. The van der Waals surface area contributed by atoms with Gasteiger partial charge in [-0.3, -0.25) is 4.79 Å². The number of aromatic nitrogens is 2. The summed E-state index contributed by atoms with van der Waals surface area (Å²) < 4.78 is 12.7. The van der Waals surface area contributed by atoms with Crippen LogP contribution in [0.3, 0.4) is 0 Å². The zero-order chi connectivity index (χ0) is 23.7. The largest absolute Gasteiger partial charge is 0.497 e. The minimum absolute atomic E-state index is 0.0728. The van der Waals surface area contributed by atoms with E-state index in [0.717, 1.165) is 36.0 Å². The fourth-order valence-corrected chi connectivity index (χ4v) is 4.34. The number of carbonyl (C=O) groups is 1. The molecule has 1 fully saturated rings. The zero-order valence-corrected chi connectivity index (χ0v) is 19.8. The van der Waals surface area contributed by atoms with Gasteiger partial charge in [-0.15, -0.1) is 0 Å². The fraction of sp³-hybridized carbons (Fsp3) is 0.231. The number of hydrogen-bond acceptors (Lipinski definition) is 5. The molecule has 0 saturated carbocycles. The summed E-state index contributed by atoms with van der Waals surface area (Å²) in [6, 6.07) is 20.8. The zero-order valence-electron chi connectivity index (χ0n) is 19.1. The second-order valence-electron chi connectivity index (χ2n) is 8.19. The molecule has 1 aliphatic rings. The molecule has 1 amide bonds. The van der Waals surface area contributed by atoms with Crippen LogP contribution in [0.4, 0.5) is 5.69 Å². The Morgan fingerprint density at radius 1 is 0.971 bits per heavy atom. The summed E-state index contributed by atoms with van der Waals surface area (Å²) in [5, 5.41) is 5.27. The monoisotopic (exact) mass is 476 g/mol. The molecule has 2 aromatic heterocycles. The Labute approximate surface area is 203 Å². The average molecular weight is 477 g/mol. The average Bonchev–Trinajstić information content (AvgIpc) is 3.50. The van der Waals surface area contributed by atoms with Gasteiger partial charge in [0.1, 0.15) is 22.9 Å². The van der Waals surface area contributed by atoms with Gasteiger partial charge in [0.05, 0.1) is 12.8 Å². The first-order chi connectivity index (χ1) is 16.5. The van der Waals surface area contributed by atoms with Crippen LogP contribution in [0.15, 0.2) is 71.1 Å². The van der Waals surface area contributed by atoms with Crippen molar-refractivity contribution in [2.24, 2.45) is 0 Å². The highest BCUT2D eigenvalue weighted by Crippen LogP contribution is 2.26. The number of piperazine rings is 1. The molecular weight excluding hydrogens is 452 g/mol. The van der Waals surface area contributed by atoms with Gasteiger partial charge in [-0.1, -0.05) is 17.7 Å². The van der Waals surface area contributed by atoms with Crippen molar-refractivity contribution in [1.82, 2.24) is 14.7 Å². The SMILES string of the molecule is COc1ccc(N2CCN(C(=O)c3cc(-c4ccc(C)o4)nn3-c3cccc(Cl)c3)CC2)cc1. The van der Waals surface area contributed by atoms with E-state index in [4.69, 9.17) is 25.9 Å². The van der Waals surface area contributed by atoms with Crippen molar-refractivity contribution in [3.05, 3.63) is 83.2 Å². The molecule has 0 N–H and O–H groups in total. The van der Waals surface area contributed by atoms with Crippen molar-refractivity contribution in [3.63, 3.8) is 0 Å². The topological polar surface area (TPSA) is 63.7 Å². The van der Waals surface area contributed by atoms with Gasteiger partial charge in [0, 0.05) is 43.0 Å². The molecule has 0 aliphatic carbocycles. The maximum atomic E-state index is 13.6. The van der Waals surface area contributed by atoms with E-state index in [1.165, 1.54) is 0 Å². The highest BCUT2D eigenvalue weighted by atomic mass is 35.5. The van der Waals surface area contributed by atoms with Crippen LogP contribution in [0.2, 0.25) is 5.02 Å². The highest BCUT2D eigenvalue weighted by molar-refractivity contribution is 6.30. The molecule has 4 aromatic rings. The van der Waals surface area contributed by atoms with Crippen LogP contribution in [-0.4, -0.2) is 53.9 Å². The van der Waals surface area contributed by atoms with Gasteiger partial charge in [-0.2, -0.15) is 5.10 Å². The summed E-state index contributed by atoms with van der Waals surface area (Å²) in [7, 11) is 1.66. The molecule has 7 nitrogen and oxygen atoms in total. The van der Waals surface area contributed by atoms with Crippen LogP contribution in [0.5, 0.6) is 5.75 Å². The van der Waals surface area contributed by atoms with E-state index < -0.39 is 0 Å². The number of aryl methyl sites for hydroxylation is 1. The number of ether oxygens (including phenoxy) is 1. The van der Waals surface area contributed by atoms with E-state index >= 15 is 0 Å². The molecule has 5 rings (SSSR count). The smallest absolute Gasteiger partial charge is 0.272 e. The van der Waals surface area contributed by atoms with Crippen LogP contribution in [-0.2, 0) is 0 Å². The Morgan fingerprint density at radius 3 is 2.38 bits per heavy atom. The third-order valence-corrected chi connectivity index (χ3v) is 6.21. The summed E-state index contributed by atoms with van der Waals surface area (Å²) in [4.78, 5) is 17.8. The summed E-state index contributed by atoms with van der Waals surface area (Å²) in [5.41, 5.74) is 2.92. The van der Waals surface area contributed by atoms with Crippen molar-refractivity contribution in [2.45, 2.75) is 6.92 Å². The number of anilines is 1. The van der Waals surface area contributed by atoms with Crippen LogP contribution >= 0.6 is 11.6 Å². The lowest BCUT2D eigenvalue weighted by atomic mass is 10.2. The lowest BCUT2D eigenvalue weighted by Crippen LogP contribution is -2.49. The van der Waals surface area contributed by atoms with Crippen LogP contribution in [0.1, 0.15) is 16.2 Å². The number of methoxy groups -OCH3 is 1. The molecule has 1 aliphatic heterocycles. The van der Waals surface area contributed by atoms with Gasteiger partial charge in [-0.25, -0.2) is 4.68 Å². The van der Waals surface area contributed by atoms with Crippen molar-refractivity contribution in [3.8, 4) is 22.9 Å². The van der Waals surface area contributed by atoms with E-state index in [2.05, 4.69) is 4.90 Å². The number of rotatable bonds is 5. The van der Waals surface area contributed by atoms with Gasteiger partial charge >= 0.3 is 0 Å². The molecule has 2 aromatic carbocycles. The Hall–Kier alpha value is -3.71. The molecule has 0 bridgehead atoms. The number of furan rings is 1. The standard InChI is InChI=1S/C26H25ClN4O3/c1-18-6-11-25(34-18)23-17-24(31(28-23)21-5-3-4-19(27)16-21)26(32)30-14-12-29(13-15-30)20-7-9-22(33-2)10-8-20/h3-11,16-17H,12-15H2,1-2H3. The van der Waals surface area contributed by atoms with Crippen LogP contribution < -0.4 is 9.64 Å². The maximum Gasteiger partial charge on any atom is 0.272 e. The van der Waals surface area contributed by atoms with E-state index in [9.17, 15) is 4.79 Å². The molecular formula is C26H25ClN4O3. The number of nitrogens with zero attached hydrogens (tertiary/aromatic N) is 4. The van der Waals surface area contributed by atoms with E-state index in [1.54, 1.807) is 30.0 Å². The minimum Gasteiger partial charge on any atom is -0.497 e. The van der Waals surface area contributed by atoms with Gasteiger partial charge < -0.3 is 19.0 Å². The third kappa shape index (κ3) is 4.39. The lowest BCUT2D eigenvalue weighted by molar-refractivity contribution is 0.0737. The van der Waals surface area contributed by atoms with E-state index in [-0.39, 0.29) is 5.91 Å². The molecule has 0 unspecified atom stereocenters. The maximum absolute atomic E-state index is 13.6. The first-order valence-corrected chi connectivity index (χ1v) is 11.5. The molecule has 3 heterocycles. The first-order valence-electron chi connectivity index (χ1n) is 11.1. The molecule has 8 heteroatoms. The highest BCUT2D eigenvalue weighted by Gasteiger charge is 2.27. The number of halogens is 1. The minimum atomic E-state index is -0.0728. The first kappa shape index (κ1) is 22.1. The molecule has 1 saturated heterocycles. The summed E-state index contributed by atoms with van der Waals surface area (Å²) >= 11 is 6.23. The summed E-state index contributed by atoms with van der Waals surface area (Å²) in [6.07, 6.45) is 0. The van der Waals surface area contributed by atoms with Crippen molar-refractivity contribution < 1.29 is 13.9 Å². The molecule has 0 spiro atoms. The lowest BCUT2D eigenvalue weighted by Gasteiger charge is -2.36. The molecule has 174 valence electrons. The van der Waals surface area contributed by atoms with E-state index in [1.807, 2.05) is 60.4 Å². The Morgan fingerprint density at radius 2 is 1.74 bits per heavy atom. The Balaban J connectivity index is 1.40. The van der Waals surface area contributed by atoms with E-state index in [0.29, 0.717) is 35.3 Å². The Bertz CT molecular complexity index is 1300. The number of amides is 1. The molecule has 0 radical (unpaired) electrons. The van der Waals surface area contributed by atoms with Gasteiger partial charge in [0.15, 0.2) is 5.76 Å². The van der Waals surface area contributed by atoms with Gasteiger partial charge in [0.25, 0.3) is 5.91 Å². The molecule has 0 atom stereocenters. The van der Waals surface area contributed by atoms with Crippen molar-refractivity contribution in [2.75, 3.05) is 38.2 Å². The number of hydrogen-bond donors (Lipinski definition) is 0. The fourth-order valence-electron chi connectivity index (χ4n) is 4.15. The predicted molar refractivity (Wildman–Crippen MR) is 132 cm³/mol. The number of carbonyl (C=O) groups excluding carboxylic acids is 1. The van der Waals surface area contributed by atoms with Crippen molar-refractivity contribution >= 4 is 23.2 Å². The molecule has 34 heavy (non-hydrogen) atoms. The van der Waals surface area contributed by atoms with Gasteiger partial charge in [0.2, 0.25) is 0 Å². The number of benzene rings is 2.